The highest BCUT2D eigenvalue weighted by Crippen LogP contribution is 2.34. The van der Waals surface area contributed by atoms with Crippen molar-refractivity contribution < 1.29 is 38.4 Å². The zero-order chi connectivity index (χ0) is 26.3. The van der Waals surface area contributed by atoms with E-state index in [4.69, 9.17) is 18.9 Å². The summed E-state index contributed by atoms with van der Waals surface area (Å²) >= 11 is 9.38. The lowest BCUT2D eigenvalue weighted by molar-refractivity contribution is -0.235. The molecule has 34 heavy (non-hydrogen) atoms. The van der Waals surface area contributed by atoms with E-state index in [0.29, 0.717) is 19.3 Å². The summed E-state index contributed by atoms with van der Waals surface area (Å²) in [6.07, 6.45) is -0.870. The van der Waals surface area contributed by atoms with Crippen LogP contribution in [0, 0.1) is 0 Å². The monoisotopic (exact) mass is 679 g/mol. The Hall–Kier alpha value is -0.270. The van der Waals surface area contributed by atoms with Gasteiger partial charge in [-0.05, 0) is 88.3 Å². The molecule has 2 N–H and O–H groups in total. The number of carbonyl (C=O) groups is 3. The van der Waals surface area contributed by atoms with Crippen LogP contribution in [0.15, 0.2) is 0 Å². The second-order valence-electron chi connectivity index (χ2n) is 9.11. The highest BCUT2D eigenvalue weighted by atomic mass is 80.0. The molecule has 0 aromatic heterocycles. The molecule has 1 aliphatic rings. The summed E-state index contributed by atoms with van der Waals surface area (Å²) in [6.45, 7) is 9.93. The lowest BCUT2D eigenvalue weighted by Gasteiger charge is -2.36. The van der Waals surface area contributed by atoms with Crippen molar-refractivity contribution in [3.8, 4) is 0 Å². The van der Waals surface area contributed by atoms with Crippen molar-refractivity contribution >= 4 is 65.6 Å². The number of aliphatic hydroxyl groups is 1. The largest absolute Gasteiger partial charge is 0.462 e. The molecule has 0 spiro atoms. The molecule has 0 saturated carbocycles. The quantitative estimate of drug-likeness (QED) is 0.248. The van der Waals surface area contributed by atoms with E-state index in [1.54, 1.807) is 6.92 Å². The van der Waals surface area contributed by atoms with Gasteiger partial charge in [-0.15, -0.1) is 0 Å². The Morgan fingerprint density at radius 3 is 2.21 bits per heavy atom. The van der Waals surface area contributed by atoms with E-state index >= 15 is 0 Å². The summed E-state index contributed by atoms with van der Waals surface area (Å²) in [4.78, 5) is 37.1. The van der Waals surface area contributed by atoms with E-state index in [9.17, 15) is 19.5 Å². The van der Waals surface area contributed by atoms with Crippen LogP contribution in [-0.2, 0) is 33.3 Å². The number of alkyl halides is 3. The van der Waals surface area contributed by atoms with Crippen LogP contribution < -0.4 is 5.32 Å². The summed E-state index contributed by atoms with van der Waals surface area (Å²) < 4.78 is 21.5. The summed E-state index contributed by atoms with van der Waals surface area (Å²) in [5.74, 6) is -1.67. The molecule has 0 aromatic rings. The minimum absolute atomic E-state index is 0.0306. The van der Waals surface area contributed by atoms with Crippen LogP contribution in [0.5, 0.6) is 0 Å². The number of aliphatic hydroxyl groups excluding tert-OH is 1. The van der Waals surface area contributed by atoms with Gasteiger partial charge in [0.25, 0.3) is 5.91 Å². The van der Waals surface area contributed by atoms with Gasteiger partial charge in [-0.25, -0.2) is 4.79 Å². The van der Waals surface area contributed by atoms with Crippen LogP contribution in [0.4, 0.5) is 0 Å². The molecule has 0 radical (unpaired) electrons. The van der Waals surface area contributed by atoms with Gasteiger partial charge in [0.15, 0.2) is 6.29 Å². The van der Waals surface area contributed by atoms with Crippen LogP contribution >= 0.6 is 47.8 Å². The molecule has 9 nitrogen and oxygen atoms in total. The van der Waals surface area contributed by atoms with Gasteiger partial charge >= 0.3 is 11.9 Å². The first-order valence-corrected chi connectivity index (χ1v) is 13.7. The Morgan fingerprint density at radius 2 is 1.71 bits per heavy atom. The minimum atomic E-state index is -1.35. The van der Waals surface area contributed by atoms with Crippen molar-refractivity contribution in [3.63, 3.8) is 0 Å². The molecule has 1 fully saturated rings. The molecule has 1 aliphatic heterocycles. The zero-order valence-corrected chi connectivity index (χ0v) is 25.2. The maximum Gasteiger partial charge on any atom is 0.331 e. The SMILES string of the molecule is CCC(O)CC(CC(CC1CC(C)OC(C)O1)OC(=O)C(C)(C)NC(=O)C(Br)(Br)Br)OC(C)=O. The molecule has 1 amide bonds. The maximum absolute atomic E-state index is 13.1. The molecule has 6 atom stereocenters. The molecule has 0 aliphatic carbocycles. The topological polar surface area (TPSA) is 120 Å². The molecule has 0 aromatic carbocycles. The van der Waals surface area contributed by atoms with E-state index in [0.717, 1.165) is 0 Å². The second kappa shape index (κ2) is 13.9. The second-order valence-corrected chi connectivity index (χ2v) is 15.9. The summed E-state index contributed by atoms with van der Waals surface area (Å²) in [6, 6.07) is 0. The Morgan fingerprint density at radius 1 is 1.09 bits per heavy atom. The number of hydrogen-bond donors (Lipinski definition) is 2. The highest BCUT2D eigenvalue weighted by Gasteiger charge is 2.40. The molecule has 198 valence electrons. The van der Waals surface area contributed by atoms with Gasteiger partial charge in [-0.2, -0.15) is 0 Å². The zero-order valence-electron chi connectivity index (χ0n) is 20.4. The Kier molecular flexibility index (Phi) is 13.0. The fourth-order valence-corrected chi connectivity index (χ4v) is 3.94. The first-order valence-electron chi connectivity index (χ1n) is 11.3. The Balaban J connectivity index is 3.05. The Bertz CT molecular complexity index is 690. The normalized spacial score (nSPS) is 24.0. The van der Waals surface area contributed by atoms with E-state index < -0.39 is 50.1 Å². The number of ether oxygens (including phenoxy) is 4. The van der Waals surface area contributed by atoms with Crippen molar-refractivity contribution in [1.29, 1.82) is 0 Å². The van der Waals surface area contributed by atoms with E-state index in [1.165, 1.54) is 20.8 Å². The van der Waals surface area contributed by atoms with Crippen LogP contribution in [0.2, 0.25) is 0 Å². The number of esters is 2. The molecular weight excluding hydrogens is 646 g/mol. The molecule has 12 heteroatoms. The molecule has 0 bridgehead atoms. The number of carbonyl (C=O) groups excluding carboxylic acids is 3. The molecule has 1 rings (SSSR count). The van der Waals surface area contributed by atoms with E-state index in [1.807, 2.05) is 13.8 Å². The van der Waals surface area contributed by atoms with Gasteiger partial charge in [0, 0.05) is 26.2 Å². The average Bonchev–Trinajstić information content (AvgIpc) is 2.65. The van der Waals surface area contributed by atoms with Crippen molar-refractivity contribution in [1.82, 2.24) is 5.32 Å². The Labute approximate surface area is 226 Å². The third kappa shape index (κ3) is 11.6. The third-order valence-electron chi connectivity index (χ3n) is 5.26. The highest BCUT2D eigenvalue weighted by molar-refractivity contribution is 9.40. The predicted octanol–water partition coefficient (Wildman–Crippen LogP) is 4.04. The maximum atomic E-state index is 13.1. The summed E-state index contributed by atoms with van der Waals surface area (Å²) in [7, 11) is 0. The van der Waals surface area contributed by atoms with Crippen molar-refractivity contribution in [2.45, 2.75) is 118 Å². The smallest absolute Gasteiger partial charge is 0.331 e. The van der Waals surface area contributed by atoms with Crippen LogP contribution in [0.1, 0.15) is 73.6 Å². The average molecular weight is 682 g/mol. The minimum Gasteiger partial charge on any atom is -0.462 e. The molecular formula is C22H36Br3NO8. The van der Waals surface area contributed by atoms with Gasteiger partial charge < -0.3 is 29.4 Å². The number of hydrogen-bond acceptors (Lipinski definition) is 8. The van der Waals surface area contributed by atoms with E-state index in [-0.39, 0.29) is 25.0 Å². The van der Waals surface area contributed by atoms with Crippen molar-refractivity contribution in [2.24, 2.45) is 0 Å². The summed E-state index contributed by atoms with van der Waals surface area (Å²) in [5, 5.41) is 12.7. The van der Waals surface area contributed by atoms with E-state index in [2.05, 4.69) is 53.1 Å². The van der Waals surface area contributed by atoms with Gasteiger partial charge in [0.1, 0.15) is 17.7 Å². The summed E-state index contributed by atoms with van der Waals surface area (Å²) in [5.41, 5.74) is -1.35. The van der Waals surface area contributed by atoms with Crippen LogP contribution in [0.25, 0.3) is 0 Å². The lowest BCUT2D eigenvalue weighted by atomic mass is 9.97. The third-order valence-corrected chi connectivity index (χ3v) is 6.34. The molecule has 1 saturated heterocycles. The lowest BCUT2D eigenvalue weighted by Crippen LogP contribution is -2.54. The van der Waals surface area contributed by atoms with Crippen molar-refractivity contribution in [2.75, 3.05) is 0 Å². The standard InChI is InChI=1S/C22H36Br3NO8/c1-7-15(28)9-17(32-13(3)27)11-18(10-16-8-12(2)31-14(4)33-16)34-20(30)21(5,6)26-19(29)22(23,24)25/h12,14-18,28H,7-11H2,1-6H3,(H,26,29). The molecule has 6 unspecified atom stereocenters. The van der Waals surface area contributed by atoms with Gasteiger partial charge in [0.2, 0.25) is 2.14 Å². The van der Waals surface area contributed by atoms with Gasteiger partial charge in [-0.3, -0.25) is 9.59 Å². The number of nitrogens with one attached hydrogen (secondary N) is 1. The fraction of sp³-hybridized carbons (Fsp3) is 0.864. The fourth-order valence-electron chi connectivity index (χ4n) is 3.64. The van der Waals surface area contributed by atoms with Crippen LogP contribution in [-0.4, -0.2) is 67.4 Å². The van der Waals surface area contributed by atoms with Gasteiger partial charge in [-0.1, -0.05) is 6.92 Å². The van der Waals surface area contributed by atoms with Gasteiger partial charge in [0.05, 0.1) is 18.3 Å². The first kappa shape index (κ1) is 31.8. The van der Waals surface area contributed by atoms with Crippen LogP contribution in [0.3, 0.4) is 0 Å². The first-order chi connectivity index (χ1) is 15.5. The number of amides is 1. The van der Waals surface area contributed by atoms with Crippen molar-refractivity contribution in [3.05, 3.63) is 0 Å². The predicted molar refractivity (Wildman–Crippen MR) is 137 cm³/mol. The molecule has 1 heterocycles. The number of halogens is 3. The number of rotatable bonds is 11.